The van der Waals surface area contributed by atoms with Crippen molar-refractivity contribution in [1.29, 1.82) is 0 Å². The molecule has 4 rings (SSSR count). The third-order valence-electron chi connectivity index (χ3n) is 5.53. The Balaban J connectivity index is 1.41. The van der Waals surface area contributed by atoms with Crippen LogP contribution in [-0.2, 0) is 13.0 Å². The van der Waals surface area contributed by atoms with Gasteiger partial charge in [-0.15, -0.1) is 0 Å². The van der Waals surface area contributed by atoms with Crippen molar-refractivity contribution < 1.29 is 14.6 Å². The van der Waals surface area contributed by atoms with E-state index in [0.717, 1.165) is 30.7 Å². The van der Waals surface area contributed by atoms with Gasteiger partial charge in [0.05, 0.1) is 37.1 Å². The van der Waals surface area contributed by atoms with Gasteiger partial charge >= 0.3 is 0 Å². The van der Waals surface area contributed by atoms with E-state index in [1.807, 2.05) is 19.1 Å². The topological polar surface area (TPSA) is 79.7 Å². The van der Waals surface area contributed by atoms with Gasteiger partial charge in [0.25, 0.3) is 0 Å². The van der Waals surface area contributed by atoms with E-state index < -0.39 is 6.10 Å². The molecule has 0 aliphatic carbocycles. The van der Waals surface area contributed by atoms with E-state index in [-0.39, 0.29) is 0 Å². The van der Waals surface area contributed by atoms with Gasteiger partial charge in [-0.25, -0.2) is 9.97 Å². The van der Waals surface area contributed by atoms with Crippen molar-refractivity contribution in [3.63, 3.8) is 0 Å². The molecule has 0 fully saturated rings. The van der Waals surface area contributed by atoms with Crippen molar-refractivity contribution in [1.82, 2.24) is 14.9 Å². The molecule has 1 aliphatic rings. The summed E-state index contributed by atoms with van der Waals surface area (Å²) in [4.78, 5) is 11.6. The van der Waals surface area contributed by atoms with Crippen molar-refractivity contribution in [2.45, 2.75) is 26.0 Å². The minimum atomic E-state index is -0.502. The summed E-state index contributed by atoms with van der Waals surface area (Å²) in [5.74, 6) is 1.90. The van der Waals surface area contributed by atoms with Crippen LogP contribution in [0.4, 0.5) is 5.82 Å². The Morgan fingerprint density at radius 2 is 1.73 bits per heavy atom. The van der Waals surface area contributed by atoms with Crippen molar-refractivity contribution in [2.24, 2.45) is 0 Å². The second-order valence-corrected chi connectivity index (χ2v) is 7.64. The number of nitrogens with zero attached hydrogens (tertiary/aromatic N) is 3. The molecule has 30 heavy (non-hydrogen) atoms. The Morgan fingerprint density at radius 3 is 2.43 bits per heavy atom. The molecule has 2 heterocycles. The summed E-state index contributed by atoms with van der Waals surface area (Å²) in [6.45, 7) is 4.77. The fourth-order valence-electron chi connectivity index (χ4n) is 3.93. The number of rotatable bonds is 7. The molecule has 2 N–H and O–H groups in total. The zero-order chi connectivity index (χ0) is 21.1. The summed E-state index contributed by atoms with van der Waals surface area (Å²) in [5, 5.41) is 13.8. The van der Waals surface area contributed by atoms with Crippen LogP contribution in [0.2, 0.25) is 0 Å². The van der Waals surface area contributed by atoms with Gasteiger partial charge in [0.2, 0.25) is 0 Å². The zero-order valence-corrected chi connectivity index (χ0v) is 17.7. The van der Waals surface area contributed by atoms with Crippen LogP contribution in [0.5, 0.6) is 11.5 Å². The number of aliphatic hydroxyl groups excluding tert-OH is 1. The maximum absolute atomic E-state index is 10.6. The van der Waals surface area contributed by atoms with Gasteiger partial charge in [-0.2, -0.15) is 0 Å². The number of aromatic nitrogens is 2. The number of hydrogen-bond acceptors (Lipinski definition) is 7. The number of fused-ring (bicyclic) bond motifs is 2. The van der Waals surface area contributed by atoms with Crippen LogP contribution < -0.4 is 14.8 Å². The molecule has 0 spiro atoms. The SMILES string of the molecule is COc1cc2nc(C)c(NCC(O)CN3CCc4ccccc4C3)nc2cc1OC. The molecule has 2 aromatic carbocycles. The monoisotopic (exact) mass is 408 g/mol. The predicted octanol–water partition coefficient (Wildman–Crippen LogP) is 2.79. The number of aliphatic hydroxyl groups is 1. The molecule has 1 aromatic heterocycles. The van der Waals surface area contributed by atoms with E-state index in [2.05, 4.69) is 44.5 Å². The Kier molecular flexibility index (Phi) is 6.01. The van der Waals surface area contributed by atoms with Gasteiger partial charge in [-0.3, -0.25) is 4.90 Å². The van der Waals surface area contributed by atoms with Crippen molar-refractivity contribution in [3.05, 3.63) is 53.2 Å². The molecule has 7 heteroatoms. The summed E-state index contributed by atoms with van der Waals surface area (Å²) in [6.07, 6.45) is 0.522. The standard InChI is InChI=1S/C23H28N4O3/c1-15-23(26-20-11-22(30-3)21(29-2)10-19(20)25-15)24-12-18(28)14-27-9-8-16-6-4-5-7-17(16)13-27/h4-7,10-11,18,28H,8-9,12-14H2,1-3H3,(H,24,26). The summed E-state index contributed by atoms with van der Waals surface area (Å²) in [6, 6.07) is 12.2. The molecule has 0 saturated carbocycles. The summed E-state index contributed by atoms with van der Waals surface area (Å²) >= 11 is 0. The maximum Gasteiger partial charge on any atom is 0.163 e. The largest absolute Gasteiger partial charge is 0.493 e. The van der Waals surface area contributed by atoms with Crippen LogP contribution in [0.1, 0.15) is 16.8 Å². The van der Waals surface area contributed by atoms with Crippen LogP contribution in [-0.4, -0.2) is 59.9 Å². The lowest BCUT2D eigenvalue weighted by Crippen LogP contribution is -2.39. The van der Waals surface area contributed by atoms with Gasteiger partial charge < -0.3 is 19.9 Å². The molecular formula is C23H28N4O3. The van der Waals surface area contributed by atoms with E-state index in [1.165, 1.54) is 11.1 Å². The quantitative estimate of drug-likeness (QED) is 0.622. The highest BCUT2D eigenvalue weighted by atomic mass is 16.5. The summed E-state index contributed by atoms with van der Waals surface area (Å²) in [7, 11) is 3.20. The van der Waals surface area contributed by atoms with Crippen LogP contribution >= 0.6 is 0 Å². The average Bonchev–Trinajstić information content (AvgIpc) is 2.76. The van der Waals surface area contributed by atoms with Crippen LogP contribution in [0.25, 0.3) is 11.0 Å². The Labute approximate surface area is 176 Å². The Hall–Kier alpha value is -2.90. The van der Waals surface area contributed by atoms with Crippen LogP contribution in [0, 0.1) is 6.92 Å². The molecule has 158 valence electrons. The molecule has 0 saturated heterocycles. The van der Waals surface area contributed by atoms with Gasteiger partial charge in [0.15, 0.2) is 11.5 Å². The first-order valence-corrected chi connectivity index (χ1v) is 10.2. The highest BCUT2D eigenvalue weighted by Gasteiger charge is 2.19. The van der Waals surface area contributed by atoms with Gasteiger partial charge in [0, 0.05) is 38.3 Å². The second-order valence-electron chi connectivity index (χ2n) is 7.64. The highest BCUT2D eigenvalue weighted by molar-refractivity contribution is 5.80. The lowest BCUT2D eigenvalue weighted by molar-refractivity contribution is 0.114. The number of nitrogens with one attached hydrogen (secondary N) is 1. The number of anilines is 1. The molecule has 1 aliphatic heterocycles. The molecular weight excluding hydrogens is 380 g/mol. The minimum Gasteiger partial charge on any atom is -0.493 e. The molecule has 0 amide bonds. The van der Waals surface area contributed by atoms with Crippen LogP contribution in [0.15, 0.2) is 36.4 Å². The zero-order valence-electron chi connectivity index (χ0n) is 17.7. The minimum absolute atomic E-state index is 0.409. The Morgan fingerprint density at radius 1 is 1.07 bits per heavy atom. The lowest BCUT2D eigenvalue weighted by Gasteiger charge is -2.30. The van der Waals surface area contributed by atoms with Crippen molar-refractivity contribution >= 4 is 16.9 Å². The van der Waals surface area contributed by atoms with E-state index in [1.54, 1.807) is 14.2 Å². The third kappa shape index (κ3) is 4.32. The van der Waals surface area contributed by atoms with Gasteiger partial charge in [-0.05, 0) is 24.5 Å². The van der Waals surface area contributed by atoms with E-state index >= 15 is 0 Å². The molecule has 0 radical (unpaired) electrons. The second kappa shape index (κ2) is 8.85. The maximum atomic E-state index is 10.6. The van der Waals surface area contributed by atoms with E-state index in [0.29, 0.717) is 35.9 Å². The fourth-order valence-corrected chi connectivity index (χ4v) is 3.93. The van der Waals surface area contributed by atoms with Crippen LogP contribution in [0.3, 0.4) is 0 Å². The predicted molar refractivity (Wildman–Crippen MR) is 117 cm³/mol. The molecule has 3 aromatic rings. The molecule has 7 nitrogen and oxygen atoms in total. The number of β-amino-alcohol motifs (C(OH)–C–C–N with tert-alkyl or cyclic N) is 1. The first-order chi connectivity index (χ1) is 14.6. The fraction of sp³-hybridized carbons (Fsp3) is 0.391. The lowest BCUT2D eigenvalue weighted by atomic mass is 10.00. The van der Waals surface area contributed by atoms with E-state index in [9.17, 15) is 5.11 Å². The number of methoxy groups -OCH3 is 2. The first kappa shape index (κ1) is 20.4. The van der Waals surface area contributed by atoms with Gasteiger partial charge in [0.1, 0.15) is 5.82 Å². The van der Waals surface area contributed by atoms with Crippen molar-refractivity contribution in [2.75, 3.05) is 39.2 Å². The Bertz CT molecular complexity index is 1040. The summed E-state index contributed by atoms with van der Waals surface area (Å²) < 4.78 is 10.7. The number of hydrogen-bond donors (Lipinski definition) is 2. The average molecular weight is 409 g/mol. The number of aryl methyl sites for hydroxylation is 1. The third-order valence-corrected chi connectivity index (χ3v) is 5.53. The first-order valence-electron chi connectivity index (χ1n) is 10.2. The summed E-state index contributed by atoms with van der Waals surface area (Å²) in [5.41, 5.74) is 4.99. The smallest absolute Gasteiger partial charge is 0.163 e. The van der Waals surface area contributed by atoms with Crippen molar-refractivity contribution in [3.8, 4) is 11.5 Å². The van der Waals surface area contributed by atoms with Gasteiger partial charge in [-0.1, -0.05) is 24.3 Å². The van der Waals surface area contributed by atoms with E-state index in [4.69, 9.17) is 9.47 Å². The number of ether oxygens (including phenoxy) is 2. The molecule has 0 bridgehead atoms. The highest BCUT2D eigenvalue weighted by Crippen LogP contribution is 2.31. The number of benzene rings is 2. The normalized spacial score (nSPS) is 14.9. The molecule has 1 unspecified atom stereocenters. The molecule has 1 atom stereocenters.